The fourth-order valence-electron chi connectivity index (χ4n) is 4.44. The monoisotopic (exact) mass is 340 g/mol. The summed E-state index contributed by atoms with van der Waals surface area (Å²) in [4.78, 5) is 15.2. The summed E-state index contributed by atoms with van der Waals surface area (Å²) < 4.78 is 13.6. The topological polar surface area (TPSA) is 69.5 Å². The van der Waals surface area contributed by atoms with Crippen LogP contribution >= 0.6 is 0 Å². The number of piperidine rings is 1. The van der Waals surface area contributed by atoms with Gasteiger partial charge < -0.3 is 14.4 Å². The smallest absolute Gasteiger partial charge is 0.267 e. The lowest BCUT2D eigenvalue weighted by Crippen LogP contribution is -2.54. The normalized spacial score (nSPS) is 30.3. The average Bonchev–Trinajstić information content (AvgIpc) is 3.27. The molecule has 3 atom stereocenters. The van der Waals surface area contributed by atoms with Gasteiger partial charge in [0.15, 0.2) is 11.5 Å². The van der Waals surface area contributed by atoms with Crippen molar-refractivity contribution in [2.75, 3.05) is 6.61 Å². The number of para-hydroxylation sites is 2. The van der Waals surface area contributed by atoms with Gasteiger partial charge in [0.2, 0.25) is 6.10 Å². The molecule has 1 aromatic heterocycles. The Bertz CT molecular complexity index is 764. The number of aromatic nitrogens is 3. The maximum Gasteiger partial charge on any atom is 0.267 e. The number of hydrogen-bond donors (Lipinski definition) is 0. The molecule has 3 unspecified atom stereocenters. The Kier molecular flexibility index (Phi) is 3.39. The largest absolute Gasteiger partial charge is 0.485 e. The Hall–Kier alpha value is -2.57. The van der Waals surface area contributed by atoms with Crippen molar-refractivity contribution in [2.24, 2.45) is 0 Å². The van der Waals surface area contributed by atoms with Gasteiger partial charge in [-0.2, -0.15) is 0 Å². The third-order valence-corrected chi connectivity index (χ3v) is 5.56. The molecule has 2 fully saturated rings. The van der Waals surface area contributed by atoms with Gasteiger partial charge in [-0.3, -0.25) is 4.79 Å². The Labute approximate surface area is 145 Å². The van der Waals surface area contributed by atoms with Crippen molar-refractivity contribution in [3.8, 4) is 11.5 Å². The number of fused-ring (bicyclic) bond motifs is 3. The zero-order valence-electron chi connectivity index (χ0n) is 13.8. The number of carbonyl (C=O) groups is 1. The Morgan fingerprint density at radius 2 is 1.84 bits per heavy atom. The van der Waals surface area contributed by atoms with Crippen LogP contribution in [0.25, 0.3) is 0 Å². The molecule has 1 amide bonds. The van der Waals surface area contributed by atoms with E-state index in [-0.39, 0.29) is 24.6 Å². The third-order valence-electron chi connectivity index (χ3n) is 5.56. The predicted octanol–water partition coefficient (Wildman–Crippen LogP) is 1.81. The molecular formula is C18H20N4O3. The lowest BCUT2D eigenvalue weighted by Gasteiger charge is -2.40. The molecule has 2 saturated heterocycles. The summed E-state index contributed by atoms with van der Waals surface area (Å²) in [5.74, 6) is 1.41. The number of carbonyl (C=O) groups excluding carboxylic acids is 1. The fraction of sp³-hybridized carbons (Fsp3) is 0.500. The van der Waals surface area contributed by atoms with Crippen LogP contribution in [-0.4, -0.2) is 50.6 Å². The predicted molar refractivity (Wildman–Crippen MR) is 88.3 cm³/mol. The van der Waals surface area contributed by atoms with Gasteiger partial charge >= 0.3 is 0 Å². The first-order chi connectivity index (χ1) is 12.3. The van der Waals surface area contributed by atoms with Crippen LogP contribution in [0.2, 0.25) is 0 Å². The van der Waals surface area contributed by atoms with Gasteiger partial charge in [0.1, 0.15) is 6.61 Å². The second-order valence-corrected chi connectivity index (χ2v) is 7.00. The van der Waals surface area contributed by atoms with Gasteiger partial charge in [-0.25, -0.2) is 4.68 Å². The molecule has 0 aliphatic carbocycles. The lowest BCUT2D eigenvalue weighted by molar-refractivity contribution is -0.146. The highest BCUT2D eigenvalue weighted by Gasteiger charge is 2.46. The van der Waals surface area contributed by atoms with E-state index in [2.05, 4.69) is 15.2 Å². The number of rotatable bonds is 2. The summed E-state index contributed by atoms with van der Waals surface area (Å²) in [6.07, 6.45) is 7.02. The zero-order chi connectivity index (χ0) is 16.8. The second-order valence-electron chi connectivity index (χ2n) is 7.00. The van der Waals surface area contributed by atoms with Crippen molar-refractivity contribution in [3.05, 3.63) is 36.7 Å². The Morgan fingerprint density at radius 1 is 1.08 bits per heavy atom. The van der Waals surface area contributed by atoms with E-state index in [0.717, 1.165) is 25.7 Å². The first-order valence-electron chi connectivity index (χ1n) is 8.86. The van der Waals surface area contributed by atoms with Crippen molar-refractivity contribution in [1.82, 2.24) is 19.9 Å². The highest BCUT2D eigenvalue weighted by molar-refractivity contribution is 5.83. The molecule has 2 aromatic rings. The first kappa shape index (κ1) is 14.7. The molecule has 1 aromatic carbocycles. The van der Waals surface area contributed by atoms with Gasteiger partial charge in [0.25, 0.3) is 5.91 Å². The summed E-state index contributed by atoms with van der Waals surface area (Å²) in [5.41, 5.74) is 0. The molecule has 0 radical (unpaired) electrons. The summed E-state index contributed by atoms with van der Waals surface area (Å²) >= 11 is 0. The zero-order valence-corrected chi connectivity index (χ0v) is 13.8. The summed E-state index contributed by atoms with van der Waals surface area (Å²) in [6.45, 7) is 0.276. The van der Waals surface area contributed by atoms with Gasteiger partial charge in [-0.1, -0.05) is 17.3 Å². The molecule has 2 bridgehead atoms. The summed E-state index contributed by atoms with van der Waals surface area (Å²) in [5, 5.41) is 8.05. The van der Waals surface area contributed by atoms with Crippen LogP contribution in [0.4, 0.5) is 0 Å². The minimum Gasteiger partial charge on any atom is -0.485 e. The van der Waals surface area contributed by atoms with Gasteiger partial charge in [-0.15, -0.1) is 5.10 Å². The molecule has 7 heteroatoms. The molecule has 0 N–H and O–H groups in total. The van der Waals surface area contributed by atoms with E-state index in [0.29, 0.717) is 17.5 Å². The van der Waals surface area contributed by atoms with E-state index < -0.39 is 6.10 Å². The molecule has 0 spiro atoms. The molecule has 130 valence electrons. The van der Waals surface area contributed by atoms with Crippen LogP contribution in [0.5, 0.6) is 11.5 Å². The van der Waals surface area contributed by atoms with Crippen LogP contribution < -0.4 is 9.47 Å². The molecule has 7 nitrogen and oxygen atoms in total. The molecule has 3 aliphatic heterocycles. The summed E-state index contributed by atoms with van der Waals surface area (Å²) in [7, 11) is 0. The Balaban J connectivity index is 1.32. The molecule has 5 rings (SSSR count). The van der Waals surface area contributed by atoms with Crippen LogP contribution in [0, 0.1) is 0 Å². The molecule has 25 heavy (non-hydrogen) atoms. The van der Waals surface area contributed by atoms with Crippen molar-refractivity contribution in [1.29, 1.82) is 0 Å². The maximum absolute atomic E-state index is 13.1. The standard InChI is InChI=1S/C18H20N4O3/c23-18(17-11-24-15-3-1-2-4-16(15)25-17)22-12-5-6-13(22)10-14(9-12)21-8-7-19-20-21/h1-4,7-8,12-14,17H,5-6,9-11H2. The van der Waals surface area contributed by atoms with E-state index in [1.54, 1.807) is 6.20 Å². The first-order valence-corrected chi connectivity index (χ1v) is 8.86. The van der Waals surface area contributed by atoms with Crippen molar-refractivity contribution in [3.63, 3.8) is 0 Å². The maximum atomic E-state index is 13.1. The van der Waals surface area contributed by atoms with E-state index in [1.165, 1.54) is 0 Å². The van der Waals surface area contributed by atoms with Crippen LogP contribution in [0.15, 0.2) is 36.7 Å². The number of hydrogen-bond acceptors (Lipinski definition) is 5. The average molecular weight is 340 g/mol. The lowest BCUT2D eigenvalue weighted by atomic mass is 9.96. The number of ether oxygens (including phenoxy) is 2. The van der Waals surface area contributed by atoms with Crippen molar-refractivity contribution in [2.45, 2.75) is 49.9 Å². The number of benzene rings is 1. The van der Waals surface area contributed by atoms with Gasteiger partial charge in [0, 0.05) is 18.3 Å². The fourth-order valence-corrected chi connectivity index (χ4v) is 4.44. The second kappa shape index (κ2) is 5.75. The van der Waals surface area contributed by atoms with Gasteiger partial charge in [0.05, 0.1) is 12.2 Å². The molecule has 3 aliphatic rings. The molecular weight excluding hydrogens is 320 g/mol. The van der Waals surface area contributed by atoms with Crippen LogP contribution in [-0.2, 0) is 4.79 Å². The van der Waals surface area contributed by atoms with E-state index in [4.69, 9.17) is 9.47 Å². The quantitative estimate of drug-likeness (QED) is 0.834. The van der Waals surface area contributed by atoms with E-state index in [1.807, 2.05) is 35.1 Å². The van der Waals surface area contributed by atoms with Crippen LogP contribution in [0.1, 0.15) is 31.7 Å². The van der Waals surface area contributed by atoms with E-state index >= 15 is 0 Å². The molecule has 0 saturated carbocycles. The molecule has 4 heterocycles. The third kappa shape index (κ3) is 2.45. The van der Waals surface area contributed by atoms with E-state index in [9.17, 15) is 4.79 Å². The number of amides is 1. The highest BCUT2D eigenvalue weighted by atomic mass is 16.6. The SMILES string of the molecule is O=C(C1COc2ccccc2O1)N1C2CCC1CC(n1ccnn1)C2. The number of nitrogens with zero attached hydrogens (tertiary/aromatic N) is 4. The van der Waals surface area contributed by atoms with Crippen molar-refractivity contribution < 1.29 is 14.3 Å². The highest BCUT2D eigenvalue weighted by Crippen LogP contribution is 2.41. The Morgan fingerprint density at radius 3 is 2.56 bits per heavy atom. The van der Waals surface area contributed by atoms with Crippen LogP contribution in [0.3, 0.4) is 0 Å². The van der Waals surface area contributed by atoms with Gasteiger partial charge in [-0.05, 0) is 37.8 Å². The van der Waals surface area contributed by atoms with Crippen molar-refractivity contribution >= 4 is 5.91 Å². The minimum atomic E-state index is -0.555. The summed E-state index contributed by atoms with van der Waals surface area (Å²) in [6, 6.07) is 8.33. The minimum absolute atomic E-state index is 0.0547.